The molecule has 1 unspecified atom stereocenters. The zero-order valence-corrected chi connectivity index (χ0v) is 12.8. The molecule has 0 amide bonds. The molecule has 2 N–H and O–H groups in total. The van der Waals surface area contributed by atoms with E-state index in [9.17, 15) is 4.79 Å². The minimum absolute atomic E-state index is 0.120. The van der Waals surface area contributed by atoms with Crippen LogP contribution in [0.5, 0.6) is 0 Å². The summed E-state index contributed by atoms with van der Waals surface area (Å²) >= 11 is 6.07. The Bertz CT molecular complexity index is 719. The van der Waals surface area contributed by atoms with E-state index in [1.165, 1.54) is 10.8 Å². The van der Waals surface area contributed by atoms with Gasteiger partial charge in [0.15, 0.2) is 0 Å². The number of anilines is 1. The van der Waals surface area contributed by atoms with Gasteiger partial charge in [0.2, 0.25) is 0 Å². The minimum atomic E-state index is -0.234. The van der Waals surface area contributed by atoms with Gasteiger partial charge in [-0.2, -0.15) is 0 Å². The fourth-order valence-corrected chi connectivity index (χ4v) is 3.02. The maximum Gasteiger partial charge on any atom is 0.260 e. The van der Waals surface area contributed by atoms with Crippen LogP contribution in [0.3, 0.4) is 0 Å². The molecule has 0 spiro atoms. The highest BCUT2D eigenvalue weighted by Gasteiger charge is 2.16. The van der Waals surface area contributed by atoms with Crippen LogP contribution in [0.2, 0.25) is 5.02 Å². The summed E-state index contributed by atoms with van der Waals surface area (Å²) in [6, 6.07) is 3.13. The summed E-state index contributed by atoms with van der Waals surface area (Å²) in [5, 5.41) is 0.490. The Morgan fingerprint density at radius 3 is 2.67 bits per heavy atom. The van der Waals surface area contributed by atoms with Crippen molar-refractivity contribution >= 4 is 23.1 Å². The molecule has 2 aromatic rings. The van der Waals surface area contributed by atoms with Crippen molar-refractivity contribution in [3.05, 3.63) is 39.3 Å². The summed E-state index contributed by atoms with van der Waals surface area (Å²) in [4.78, 5) is 19.2. The summed E-state index contributed by atoms with van der Waals surface area (Å²) in [5.41, 5.74) is 7.27. The van der Waals surface area contributed by atoms with Crippen LogP contribution < -0.4 is 16.2 Å². The van der Waals surface area contributed by atoms with E-state index in [1.807, 2.05) is 6.92 Å². The molecule has 1 atom stereocenters. The molecule has 1 aliphatic rings. The van der Waals surface area contributed by atoms with Crippen molar-refractivity contribution < 1.29 is 0 Å². The molecule has 1 aliphatic heterocycles. The average molecular weight is 307 g/mol. The first kappa shape index (κ1) is 14.4. The first-order valence-electron chi connectivity index (χ1n) is 7.29. The van der Waals surface area contributed by atoms with Crippen molar-refractivity contribution in [2.75, 3.05) is 18.0 Å². The molecule has 5 nitrogen and oxygen atoms in total. The molecule has 6 heteroatoms. The molecule has 0 aliphatic carbocycles. The molecule has 0 saturated carbocycles. The molecular formula is C15H19ClN4O. The predicted molar refractivity (Wildman–Crippen MR) is 85.1 cm³/mol. The predicted octanol–water partition coefficient (Wildman–Crippen LogP) is 2.36. The van der Waals surface area contributed by atoms with Crippen LogP contribution in [0, 0.1) is 0 Å². The highest BCUT2D eigenvalue weighted by atomic mass is 35.5. The van der Waals surface area contributed by atoms with Crippen molar-refractivity contribution in [3.63, 3.8) is 0 Å². The second-order valence-corrected chi connectivity index (χ2v) is 6.03. The number of hydrogen-bond donors (Lipinski definition) is 1. The Morgan fingerprint density at radius 1 is 1.29 bits per heavy atom. The van der Waals surface area contributed by atoms with Crippen molar-refractivity contribution in [2.45, 2.75) is 32.2 Å². The fraction of sp³-hybridized carbons (Fsp3) is 0.467. The normalized spacial score (nSPS) is 17.2. The van der Waals surface area contributed by atoms with Gasteiger partial charge in [-0.3, -0.25) is 9.20 Å². The number of hydrogen-bond acceptors (Lipinski definition) is 4. The average Bonchev–Trinajstić information content (AvgIpc) is 2.48. The third kappa shape index (κ3) is 2.76. The molecular weight excluding hydrogens is 288 g/mol. The number of aromatic nitrogens is 2. The van der Waals surface area contributed by atoms with Gasteiger partial charge < -0.3 is 10.6 Å². The van der Waals surface area contributed by atoms with Gasteiger partial charge in [0, 0.05) is 37.0 Å². The van der Waals surface area contributed by atoms with E-state index in [0.29, 0.717) is 10.7 Å². The van der Waals surface area contributed by atoms with Crippen LogP contribution in [0.25, 0.3) is 5.65 Å². The zero-order valence-electron chi connectivity index (χ0n) is 12.1. The summed E-state index contributed by atoms with van der Waals surface area (Å²) < 4.78 is 1.48. The van der Waals surface area contributed by atoms with Crippen molar-refractivity contribution in [1.82, 2.24) is 9.38 Å². The highest BCUT2D eigenvalue weighted by molar-refractivity contribution is 6.30. The van der Waals surface area contributed by atoms with Crippen LogP contribution in [0.1, 0.15) is 37.8 Å². The SMILES string of the molecule is CC(N)c1cc(Cl)cn2c(=O)cc(N3CCCCC3)nc12. The molecule has 0 radical (unpaired) electrons. The van der Waals surface area contributed by atoms with Crippen LogP contribution in [-0.2, 0) is 0 Å². The third-order valence-corrected chi connectivity index (χ3v) is 4.12. The number of nitrogens with two attached hydrogens (primary N) is 1. The largest absolute Gasteiger partial charge is 0.356 e. The summed E-state index contributed by atoms with van der Waals surface area (Å²) in [5.74, 6) is 0.740. The number of rotatable bonds is 2. The van der Waals surface area contributed by atoms with Gasteiger partial charge in [-0.05, 0) is 32.3 Å². The van der Waals surface area contributed by atoms with Crippen molar-refractivity contribution in [2.24, 2.45) is 5.73 Å². The maximum absolute atomic E-state index is 12.4. The molecule has 3 heterocycles. The van der Waals surface area contributed by atoms with Gasteiger partial charge >= 0.3 is 0 Å². The van der Waals surface area contributed by atoms with E-state index in [4.69, 9.17) is 17.3 Å². The third-order valence-electron chi connectivity index (χ3n) is 3.91. The molecule has 1 fully saturated rings. The molecule has 0 bridgehead atoms. The highest BCUT2D eigenvalue weighted by Crippen LogP contribution is 2.23. The van der Waals surface area contributed by atoms with Crippen LogP contribution in [0.15, 0.2) is 23.1 Å². The quantitative estimate of drug-likeness (QED) is 0.925. The van der Waals surface area contributed by atoms with E-state index in [2.05, 4.69) is 9.88 Å². The van der Waals surface area contributed by atoms with E-state index >= 15 is 0 Å². The van der Waals surface area contributed by atoms with Gasteiger partial charge in [0.25, 0.3) is 5.56 Å². The van der Waals surface area contributed by atoms with Gasteiger partial charge in [-0.1, -0.05) is 11.6 Å². The zero-order chi connectivity index (χ0) is 15.0. The topological polar surface area (TPSA) is 63.6 Å². The second-order valence-electron chi connectivity index (χ2n) is 5.60. The molecule has 112 valence electrons. The maximum atomic E-state index is 12.4. The lowest BCUT2D eigenvalue weighted by Crippen LogP contribution is -2.32. The van der Waals surface area contributed by atoms with Crippen molar-refractivity contribution in [1.29, 1.82) is 0 Å². The van der Waals surface area contributed by atoms with Crippen molar-refractivity contribution in [3.8, 4) is 0 Å². The molecule has 0 aromatic carbocycles. The molecule has 1 saturated heterocycles. The molecule has 3 rings (SSSR count). The number of halogens is 1. The van der Waals surface area contributed by atoms with Crippen LogP contribution >= 0.6 is 11.6 Å². The number of fused-ring (bicyclic) bond motifs is 1. The second kappa shape index (κ2) is 5.66. The summed E-state index contributed by atoms with van der Waals surface area (Å²) in [6.45, 7) is 3.76. The Hall–Kier alpha value is -1.59. The van der Waals surface area contributed by atoms with Gasteiger partial charge in [-0.25, -0.2) is 4.98 Å². The monoisotopic (exact) mass is 306 g/mol. The van der Waals surface area contributed by atoms with Gasteiger partial charge in [-0.15, -0.1) is 0 Å². The van der Waals surface area contributed by atoms with E-state index in [1.54, 1.807) is 18.3 Å². The number of pyridine rings is 1. The lowest BCUT2D eigenvalue weighted by molar-refractivity contribution is 0.573. The lowest BCUT2D eigenvalue weighted by atomic mass is 10.1. The fourth-order valence-electron chi connectivity index (χ4n) is 2.80. The van der Waals surface area contributed by atoms with E-state index in [-0.39, 0.29) is 11.6 Å². The smallest absolute Gasteiger partial charge is 0.260 e. The Morgan fingerprint density at radius 2 is 2.00 bits per heavy atom. The Kier molecular flexibility index (Phi) is 3.87. The lowest BCUT2D eigenvalue weighted by Gasteiger charge is -2.28. The van der Waals surface area contributed by atoms with Gasteiger partial charge in [0.05, 0.1) is 5.02 Å². The van der Waals surface area contributed by atoms with E-state index < -0.39 is 0 Å². The molecule has 21 heavy (non-hydrogen) atoms. The van der Waals surface area contributed by atoms with Gasteiger partial charge in [0.1, 0.15) is 11.5 Å². The van der Waals surface area contributed by atoms with Crippen LogP contribution in [0.4, 0.5) is 5.82 Å². The minimum Gasteiger partial charge on any atom is -0.356 e. The first-order valence-corrected chi connectivity index (χ1v) is 7.67. The standard InChI is InChI=1S/C15H19ClN4O/c1-10(17)12-7-11(16)9-20-14(21)8-13(18-15(12)20)19-5-3-2-4-6-19/h7-10H,2-6,17H2,1H3. The molecule has 2 aromatic heterocycles. The number of piperidine rings is 1. The van der Waals surface area contributed by atoms with E-state index in [0.717, 1.165) is 37.3 Å². The summed E-state index contributed by atoms with van der Waals surface area (Å²) in [7, 11) is 0. The first-order chi connectivity index (χ1) is 10.1. The number of nitrogens with zero attached hydrogens (tertiary/aromatic N) is 3. The Balaban J connectivity index is 2.19. The summed E-state index contributed by atoms with van der Waals surface area (Å²) in [6.07, 6.45) is 5.12. The Labute approximate surface area is 128 Å². The van der Waals surface area contributed by atoms with Crippen LogP contribution in [-0.4, -0.2) is 22.5 Å².